The fourth-order valence-electron chi connectivity index (χ4n) is 3.42. The van der Waals surface area contributed by atoms with Crippen molar-refractivity contribution in [2.45, 2.75) is 19.1 Å². The number of nitrogens with one attached hydrogen (secondary N) is 1. The molecular formula is C24H17F3N2O3S. The predicted molar refractivity (Wildman–Crippen MR) is 119 cm³/mol. The fraction of sp³-hybridized carbons (Fsp3) is 0.125. The first-order valence-corrected chi connectivity index (χ1v) is 10.7. The van der Waals surface area contributed by atoms with Crippen LogP contribution in [0.3, 0.4) is 0 Å². The molecule has 2 N–H and O–H groups in total. The van der Waals surface area contributed by atoms with Gasteiger partial charge in [-0.3, -0.25) is 4.79 Å². The van der Waals surface area contributed by atoms with Crippen LogP contribution in [0.15, 0.2) is 66.7 Å². The van der Waals surface area contributed by atoms with Crippen LogP contribution in [0.2, 0.25) is 0 Å². The molecule has 0 aliphatic carbocycles. The van der Waals surface area contributed by atoms with E-state index in [0.29, 0.717) is 21.7 Å². The second kappa shape index (κ2) is 9.03. The second-order valence-corrected chi connectivity index (χ2v) is 8.41. The van der Waals surface area contributed by atoms with E-state index in [0.717, 1.165) is 10.8 Å². The minimum Gasteiger partial charge on any atom is -0.478 e. The summed E-state index contributed by atoms with van der Waals surface area (Å²) < 4.78 is 40.9. The quantitative estimate of drug-likeness (QED) is 0.388. The summed E-state index contributed by atoms with van der Waals surface area (Å²) in [7, 11) is 0. The first-order valence-electron chi connectivity index (χ1n) is 9.86. The lowest BCUT2D eigenvalue weighted by Gasteiger charge is -2.12. The number of hydrogen-bond donors (Lipinski definition) is 2. The molecule has 0 saturated carbocycles. The van der Waals surface area contributed by atoms with Gasteiger partial charge in [-0.15, -0.1) is 11.3 Å². The average Bonchev–Trinajstić information content (AvgIpc) is 3.18. The van der Waals surface area contributed by atoms with E-state index in [1.165, 1.54) is 35.6 Å². The van der Waals surface area contributed by atoms with Crippen molar-refractivity contribution in [2.24, 2.45) is 0 Å². The normalized spacial score (nSPS) is 11.5. The van der Waals surface area contributed by atoms with Crippen LogP contribution in [0.5, 0.6) is 0 Å². The van der Waals surface area contributed by atoms with E-state index in [2.05, 4.69) is 10.3 Å². The van der Waals surface area contributed by atoms with Gasteiger partial charge in [0, 0.05) is 6.54 Å². The number of carbonyl (C=O) groups excluding carboxylic acids is 1. The molecule has 0 radical (unpaired) electrons. The Bertz CT molecular complexity index is 1350. The Morgan fingerprint density at radius 2 is 1.79 bits per heavy atom. The van der Waals surface area contributed by atoms with Gasteiger partial charge in [-0.2, -0.15) is 13.2 Å². The number of thiazole rings is 1. The SMILES string of the molecule is O=C(Cc1nc2cc(-c3ccccc3C(F)(F)F)ccc2s1)NCc1cccc(C(=O)O)c1. The minimum atomic E-state index is -4.47. The number of amides is 1. The summed E-state index contributed by atoms with van der Waals surface area (Å²) in [4.78, 5) is 27.8. The van der Waals surface area contributed by atoms with Crippen molar-refractivity contribution in [3.05, 3.63) is 88.4 Å². The number of hydrogen-bond acceptors (Lipinski definition) is 4. The lowest BCUT2D eigenvalue weighted by atomic mass is 9.99. The Hall–Kier alpha value is -3.72. The zero-order valence-corrected chi connectivity index (χ0v) is 17.8. The zero-order valence-electron chi connectivity index (χ0n) is 17.0. The molecule has 4 aromatic rings. The maximum Gasteiger partial charge on any atom is 0.417 e. The van der Waals surface area contributed by atoms with Crippen molar-refractivity contribution in [3.8, 4) is 11.1 Å². The van der Waals surface area contributed by atoms with Gasteiger partial charge >= 0.3 is 12.1 Å². The van der Waals surface area contributed by atoms with Gasteiger partial charge in [-0.1, -0.05) is 36.4 Å². The van der Waals surface area contributed by atoms with E-state index in [1.54, 1.807) is 36.4 Å². The number of carbonyl (C=O) groups is 2. The van der Waals surface area contributed by atoms with E-state index in [4.69, 9.17) is 5.11 Å². The summed E-state index contributed by atoms with van der Waals surface area (Å²) in [5.41, 5.74) is 1.06. The summed E-state index contributed by atoms with van der Waals surface area (Å²) in [6.07, 6.45) is -4.46. The molecule has 0 aliphatic heterocycles. The molecule has 0 atom stereocenters. The summed E-state index contributed by atoms with van der Waals surface area (Å²) in [6.45, 7) is 0.170. The lowest BCUT2D eigenvalue weighted by molar-refractivity contribution is -0.137. The molecule has 0 unspecified atom stereocenters. The number of aromatic carboxylic acids is 1. The number of alkyl halides is 3. The van der Waals surface area contributed by atoms with E-state index in [-0.39, 0.29) is 30.0 Å². The van der Waals surface area contributed by atoms with Gasteiger partial charge in [-0.05, 0) is 47.0 Å². The van der Waals surface area contributed by atoms with Gasteiger partial charge in [0.05, 0.1) is 27.8 Å². The molecule has 3 aromatic carbocycles. The highest BCUT2D eigenvalue weighted by Crippen LogP contribution is 2.38. The monoisotopic (exact) mass is 470 g/mol. The van der Waals surface area contributed by atoms with Crippen LogP contribution in [-0.4, -0.2) is 22.0 Å². The molecule has 0 fully saturated rings. The molecule has 9 heteroatoms. The van der Waals surface area contributed by atoms with Crippen LogP contribution in [0.4, 0.5) is 13.2 Å². The Labute approximate surface area is 190 Å². The highest BCUT2D eigenvalue weighted by molar-refractivity contribution is 7.18. The van der Waals surface area contributed by atoms with E-state index in [9.17, 15) is 22.8 Å². The predicted octanol–water partition coefficient (Wildman–Crippen LogP) is 5.54. The van der Waals surface area contributed by atoms with Gasteiger partial charge in [0.2, 0.25) is 5.91 Å². The van der Waals surface area contributed by atoms with Crippen molar-refractivity contribution >= 4 is 33.4 Å². The third-order valence-electron chi connectivity index (χ3n) is 4.95. The molecular weight excluding hydrogens is 453 g/mol. The Morgan fingerprint density at radius 3 is 2.55 bits per heavy atom. The summed E-state index contributed by atoms with van der Waals surface area (Å²) in [5.74, 6) is -1.34. The molecule has 33 heavy (non-hydrogen) atoms. The van der Waals surface area contributed by atoms with E-state index >= 15 is 0 Å². The van der Waals surface area contributed by atoms with Crippen molar-refractivity contribution < 1.29 is 27.9 Å². The number of benzene rings is 3. The molecule has 5 nitrogen and oxygen atoms in total. The summed E-state index contributed by atoms with van der Waals surface area (Å²) in [6, 6.07) is 16.6. The van der Waals surface area contributed by atoms with Crippen LogP contribution in [0.25, 0.3) is 21.3 Å². The fourth-order valence-corrected chi connectivity index (χ4v) is 4.36. The molecule has 0 aliphatic rings. The number of nitrogens with zero attached hydrogens (tertiary/aromatic N) is 1. The number of carboxylic acid groups (broad SMARTS) is 1. The van der Waals surface area contributed by atoms with Gasteiger partial charge in [0.25, 0.3) is 0 Å². The van der Waals surface area contributed by atoms with Gasteiger partial charge in [-0.25, -0.2) is 9.78 Å². The van der Waals surface area contributed by atoms with Crippen molar-refractivity contribution in [1.29, 1.82) is 0 Å². The maximum absolute atomic E-state index is 13.4. The van der Waals surface area contributed by atoms with Crippen molar-refractivity contribution in [3.63, 3.8) is 0 Å². The molecule has 0 bridgehead atoms. The van der Waals surface area contributed by atoms with Crippen molar-refractivity contribution in [2.75, 3.05) is 0 Å². The van der Waals surface area contributed by atoms with Crippen LogP contribution >= 0.6 is 11.3 Å². The number of fused-ring (bicyclic) bond motifs is 1. The standard InChI is InChI=1S/C24H17F3N2O3S/c25-24(26,27)18-7-2-1-6-17(18)15-8-9-20-19(11-15)29-22(33-20)12-21(30)28-13-14-4-3-5-16(10-14)23(31)32/h1-11H,12-13H2,(H,28,30)(H,31,32). The van der Waals surface area contributed by atoms with Crippen LogP contribution in [-0.2, 0) is 23.9 Å². The highest BCUT2D eigenvalue weighted by atomic mass is 32.1. The van der Waals surface area contributed by atoms with Gasteiger partial charge in [0.15, 0.2) is 0 Å². The second-order valence-electron chi connectivity index (χ2n) is 7.29. The molecule has 1 heterocycles. The van der Waals surface area contributed by atoms with Gasteiger partial charge < -0.3 is 10.4 Å². The van der Waals surface area contributed by atoms with Crippen LogP contribution < -0.4 is 5.32 Å². The molecule has 168 valence electrons. The zero-order chi connectivity index (χ0) is 23.6. The number of halogens is 3. The Morgan fingerprint density at radius 1 is 1.00 bits per heavy atom. The maximum atomic E-state index is 13.4. The topological polar surface area (TPSA) is 79.3 Å². The lowest BCUT2D eigenvalue weighted by Crippen LogP contribution is -2.24. The Kier molecular flexibility index (Phi) is 6.15. The van der Waals surface area contributed by atoms with Crippen LogP contribution in [0.1, 0.15) is 26.5 Å². The summed E-state index contributed by atoms with van der Waals surface area (Å²) >= 11 is 1.30. The van der Waals surface area contributed by atoms with E-state index < -0.39 is 17.7 Å². The average molecular weight is 470 g/mol. The largest absolute Gasteiger partial charge is 0.478 e. The van der Waals surface area contributed by atoms with Crippen LogP contribution in [0, 0.1) is 0 Å². The molecule has 0 saturated heterocycles. The number of aromatic nitrogens is 1. The number of carboxylic acids is 1. The third kappa shape index (κ3) is 5.20. The summed E-state index contributed by atoms with van der Waals surface area (Å²) in [5, 5.41) is 12.3. The molecule has 1 amide bonds. The Balaban J connectivity index is 1.49. The minimum absolute atomic E-state index is 0.00639. The number of rotatable bonds is 6. The third-order valence-corrected chi connectivity index (χ3v) is 5.99. The smallest absolute Gasteiger partial charge is 0.417 e. The highest BCUT2D eigenvalue weighted by Gasteiger charge is 2.33. The molecule has 0 spiro atoms. The molecule has 4 rings (SSSR count). The first-order chi connectivity index (χ1) is 15.7. The van der Waals surface area contributed by atoms with Gasteiger partial charge in [0.1, 0.15) is 5.01 Å². The van der Waals surface area contributed by atoms with Crippen molar-refractivity contribution in [1.82, 2.24) is 10.3 Å². The van der Waals surface area contributed by atoms with E-state index in [1.807, 2.05) is 0 Å². The molecule has 1 aromatic heterocycles. The first kappa shape index (κ1) is 22.5.